The third-order valence-electron chi connectivity index (χ3n) is 11.4. The first-order valence-corrected chi connectivity index (χ1v) is 19.6. The van der Waals surface area contributed by atoms with Gasteiger partial charge in [-0.1, -0.05) is 83.1 Å². The fourth-order valence-electron chi connectivity index (χ4n) is 7.48. The minimum atomic E-state index is -0.173. The number of rotatable bonds is 4. The summed E-state index contributed by atoms with van der Waals surface area (Å²) >= 11 is 0. The first-order chi connectivity index (χ1) is 25.8. The SMILES string of the molecule is COc1c2cc(C(C)(C)C)cc1N(C)c1cc(C(C)(C)C)cc(c1OC)N(C)c1cc(C(C)(C)C)cc(c1OC)N(C)c1cc(C(C)(C)C)cc(c1OC)N2C. The van der Waals surface area contributed by atoms with E-state index in [0.29, 0.717) is 0 Å². The number of anilines is 8. The Kier molecular flexibility index (Phi) is 11.1. The fraction of sp³-hybridized carbons (Fsp3) is 0.500. The van der Waals surface area contributed by atoms with Gasteiger partial charge in [-0.3, -0.25) is 0 Å². The van der Waals surface area contributed by atoms with Gasteiger partial charge in [0.25, 0.3) is 0 Å². The van der Waals surface area contributed by atoms with E-state index in [4.69, 9.17) is 18.9 Å². The van der Waals surface area contributed by atoms with Crippen LogP contribution >= 0.6 is 0 Å². The molecule has 0 aliphatic carbocycles. The van der Waals surface area contributed by atoms with Crippen molar-refractivity contribution in [2.45, 2.75) is 105 Å². The van der Waals surface area contributed by atoms with Crippen LogP contribution < -0.4 is 38.5 Å². The smallest absolute Gasteiger partial charge is 0.166 e. The number of hydrogen-bond acceptors (Lipinski definition) is 8. The van der Waals surface area contributed by atoms with Crippen molar-refractivity contribution in [1.82, 2.24) is 0 Å². The predicted molar refractivity (Wildman–Crippen MR) is 239 cm³/mol. The Morgan fingerprint density at radius 1 is 0.286 bits per heavy atom. The molecule has 0 radical (unpaired) electrons. The van der Waals surface area contributed by atoms with E-state index in [0.717, 1.165) is 68.5 Å². The summed E-state index contributed by atoms with van der Waals surface area (Å²) < 4.78 is 25.9. The molecule has 56 heavy (non-hydrogen) atoms. The van der Waals surface area contributed by atoms with Gasteiger partial charge in [0, 0.05) is 28.2 Å². The number of benzene rings is 4. The van der Waals surface area contributed by atoms with Gasteiger partial charge in [0.15, 0.2) is 23.0 Å². The van der Waals surface area contributed by atoms with E-state index >= 15 is 0 Å². The maximum Gasteiger partial charge on any atom is 0.166 e. The third kappa shape index (κ3) is 7.56. The fourth-order valence-corrected chi connectivity index (χ4v) is 7.48. The Labute approximate surface area is 338 Å². The molecule has 5 rings (SSSR count). The number of ether oxygens (including phenoxy) is 4. The zero-order valence-corrected chi connectivity index (χ0v) is 38.0. The Balaban J connectivity index is 2.10. The van der Waals surface area contributed by atoms with E-state index < -0.39 is 0 Å². The molecule has 4 aromatic rings. The van der Waals surface area contributed by atoms with Gasteiger partial charge in [0.05, 0.1) is 73.9 Å². The van der Waals surface area contributed by atoms with Crippen molar-refractivity contribution in [3.63, 3.8) is 0 Å². The summed E-state index contributed by atoms with van der Waals surface area (Å²) in [5.41, 5.74) is 11.4. The highest BCUT2D eigenvalue weighted by molar-refractivity contribution is 5.92. The highest BCUT2D eigenvalue weighted by Crippen LogP contribution is 2.55. The number of hydrogen-bond donors (Lipinski definition) is 0. The normalized spacial score (nSPS) is 13.9. The summed E-state index contributed by atoms with van der Waals surface area (Å²) in [5.74, 6) is 2.97. The van der Waals surface area contributed by atoms with Crippen molar-refractivity contribution in [2.75, 3.05) is 76.2 Å². The molecule has 1 aliphatic heterocycles. The average molecular weight is 765 g/mol. The highest BCUT2D eigenvalue weighted by Gasteiger charge is 2.33. The summed E-state index contributed by atoms with van der Waals surface area (Å²) in [6, 6.07) is 18.1. The lowest BCUT2D eigenvalue weighted by molar-refractivity contribution is 0.409. The molecule has 8 nitrogen and oxygen atoms in total. The predicted octanol–water partition coefficient (Wildman–Crippen LogP) is 12.3. The second kappa shape index (κ2) is 14.7. The van der Waals surface area contributed by atoms with E-state index in [-0.39, 0.29) is 21.7 Å². The van der Waals surface area contributed by atoms with Crippen LogP contribution in [0.1, 0.15) is 105 Å². The molecule has 0 aromatic heterocycles. The zero-order valence-electron chi connectivity index (χ0n) is 38.0. The molecule has 0 atom stereocenters. The van der Waals surface area contributed by atoms with E-state index in [9.17, 15) is 0 Å². The van der Waals surface area contributed by atoms with E-state index in [1.54, 1.807) is 28.4 Å². The topological polar surface area (TPSA) is 49.9 Å². The lowest BCUT2D eigenvalue weighted by Gasteiger charge is -2.36. The molecule has 1 aliphatic rings. The van der Waals surface area contributed by atoms with Crippen LogP contribution in [-0.2, 0) is 21.7 Å². The molecular formula is C48H68N4O4. The van der Waals surface area contributed by atoms with Crippen LogP contribution in [0, 0.1) is 0 Å². The minimum Gasteiger partial charge on any atom is -0.492 e. The molecule has 4 aromatic carbocycles. The first-order valence-electron chi connectivity index (χ1n) is 19.6. The van der Waals surface area contributed by atoms with E-state index in [1.807, 2.05) is 0 Å². The maximum absolute atomic E-state index is 6.47. The minimum absolute atomic E-state index is 0.173. The summed E-state index contributed by atoms with van der Waals surface area (Å²) in [7, 11) is 15.5. The van der Waals surface area contributed by atoms with Crippen LogP contribution in [0.25, 0.3) is 0 Å². The molecule has 0 saturated carbocycles. The second-order valence-corrected chi connectivity index (χ2v) is 19.4. The van der Waals surface area contributed by atoms with Crippen LogP contribution in [0.5, 0.6) is 23.0 Å². The van der Waals surface area contributed by atoms with E-state index in [2.05, 4.69) is 179 Å². The van der Waals surface area contributed by atoms with Crippen molar-refractivity contribution in [1.29, 1.82) is 0 Å². The lowest BCUT2D eigenvalue weighted by Crippen LogP contribution is -2.24. The maximum atomic E-state index is 6.47. The molecule has 304 valence electrons. The van der Waals surface area contributed by atoms with Crippen molar-refractivity contribution in [3.05, 3.63) is 70.8 Å². The first kappa shape index (κ1) is 42.4. The number of nitrogens with zero attached hydrogens (tertiary/aromatic N) is 4. The van der Waals surface area contributed by atoms with Crippen molar-refractivity contribution < 1.29 is 18.9 Å². The summed E-state index contributed by atoms with van der Waals surface area (Å²) in [6.45, 7) is 27.0. The Bertz CT molecular complexity index is 1710. The van der Waals surface area contributed by atoms with Gasteiger partial charge < -0.3 is 38.5 Å². The molecular weight excluding hydrogens is 697 g/mol. The van der Waals surface area contributed by atoms with Crippen molar-refractivity contribution in [3.8, 4) is 23.0 Å². The molecule has 0 saturated heterocycles. The molecule has 0 fully saturated rings. The quantitative estimate of drug-likeness (QED) is 0.204. The Hall–Kier alpha value is -4.72. The van der Waals surface area contributed by atoms with Gasteiger partial charge >= 0.3 is 0 Å². The Morgan fingerprint density at radius 3 is 0.500 bits per heavy atom. The van der Waals surface area contributed by atoms with Crippen LogP contribution in [0.4, 0.5) is 45.5 Å². The van der Waals surface area contributed by atoms with Gasteiger partial charge in [0.1, 0.15) is 0 Å². The van der Waals surface area contributed by atoms with Crippen molar-refractivity contribution >= 4 is 45.5 Å². The highest BCUT2D eigenvalue weighted by atomic mass is 16.5. The monoisotopic (exact) mass is 765 g/mol. The van der Waals surface area contributed by atoms with Gasteiger partial charge in [0.2, 0.25) is 0 Å². The second-order valence-electron chi connectivity index (χ2n) is 19.4. The van der Waals surface area contributed by atoms with Crippen LogP contribution in [0.2, 0.25) is 0 Å². The zero-order chi connectivity index (χ0) is 42.0. The average Bonchev–Trinajstić information content (AvgIpc) is 3.12. The molecule has 1 heterocycles. The van der Waals surface area contributed by atoms with Crippen LogP contribution in [0.3, 0.4) is 0 Å². The van der Waals surface area contributed by atoms with Crippen LogP contribution in [0.15, 0.2) is 48.5 Å². The molecule has 0 spiro atoms. The largest absolute Gasteiger partial charge is 0.492 e. The molecule has 0 amide bonds. The Morgan fingerprint density at radius 2 is 0.411 bits per heavy atom. The molecule has 8 bridgehead atoms. The standard InChI is InChI=1S/C48H68N4O4/c1-45(2,3)29-21-33-41(53-17)34(22-29)50(14)36-24-31(47(7,8)9)26-38(43(36)55-19)52(16)40-28-32(48(10,11)12)27-39(44(40)56-20)51(15)37-25-30(46(4,5)6)23-35(49(33)13)42(37)54-18/h21-28H,1-20H3. The van der Waals surface area contributed by atoms with E-state index in [1.165, 1.54) is 22.3 Å². The summed E-state index contributed by atoms with van der Waals surface area (Å²) in [6.07, 6.45) is 0. The lowest BCUT2D eigenvalue weighted by atomic mass is 9.84. The summed E-state index contributed by atoms with van der Waals surface area (Å²) in [5, 5.41) is 0. The van der Waals surface area contributed by atoms with Gasteiger partial charge in [-0.15, -0.1) is 0 Å². The molecule has 0 N–H and O–H groups in total. The number of fused-ring (bicyclic) bond motifs is 8. The third-order valence-corrected chi connectivity index (χ3v) is 11.4. The number of methoxy groups -OCH3 is 4. The van der Waals surface area contributed by atoms with Gasteiger partial charge in [-0.25, -0.2) is 0 Å². The summed E-state index contributed by atoms with van der Waals surface area (Å²) in [4.78, 5) is 8.88. The van der Waals surface area contributed by atoms with Crippen molar-refractivity contribution in [2.24, 2.45) is 0 Å². The molecule has 0 unspecified atom stereocenters. The molecule has 8 heteroatoms. The van der Waals surface area contributed by atoms with Crippen LogP contribution in [-0.4, -0.2) is 56.6 Å². The van der Waals surface area contributed by atoms with Gasteiger partial charge in [-0.05, 0) is 92.4 Å². The van der Waals surface area contributed by atoms with Gasteiger partial charge in [-0.2, -0.15) is 0 Å².